The largest absolute Gasteiger partial charge is 0.494 e. The number of aromatic nitrogens is 2. The van der Waals surface area contributed by atoms with Crippen molar-refractivity contribution < 1.29 is 18.3 Å². The summed E-state index contributed by atoms with van der Waals surface area (Å²) >= 11 is 0. The lowest BCUT2D eigenvalue weighted by Crippen LogP contribution is -2.47. The molecule has 0 N–H and O–H groups in total. The molecule has 40 heavy (non-hydrogen) atoms. The molecule has 2 saturated heterocycles. The molecule has 5 heterocycles. The van der Waals surface area contributed by atoms with Gasteiger partial charge in [-0.25, -0.2) is 9.37 Å². The van der Waals surface area contributed by atoms with E-state index in [4.69, 9.17) is 9.15 Å². The molecule has 0 aliphatic carbocycles. The molecule has 0 saturated carbocycles. The molecule has 2 aliphatic heterocycles. The van der Waals surface area contributed by atoms with Crippen molar-refractivity contribution in [2.45, 2.75) is 12.6 Å². The monoisotopic (exact) mass is 540 g/mol. The number of hydrogen-bond donors (Lipinski definition) is 0. The molecule has 204 valence electrons. The smallest absolute Gasteiger partial charge is 0.255 e. The van der Waals surface area contributed by atoms with Crippen LogP contribution in [0.25, 0.3) is 33.7 Å². The first-order valence-electron chi connectivity index (χ1n) is 13.3. The third-order valence-corrected chi connectivity index (χ3v) is 7.65. The van der Waals surface area contributed by atoms with Crippen molar-refractivity contribution in [3.05, 3.63) is 59.9 Å². The number of piperazine rings is 1. The highest BCUT2D eigenvalue weighted by Crippen LogP contribution is 2.38. The molecule has 0 bridgehead atoms. The number of fused-ring (bicyclic) bond motifs is 1. The normalized spacial score (nSPS) is 17.8. The van der Waals surface area contributed by atoms with Crippen LogP contribution in [-0.2, 0) is 0 Å². The fourth-order valence-corrected chi connectivity index (χ4v) is 5.38. The summed E-state index contributed by atoms with van der Waals surface area (Å²) < 4.78 is 25.7. The topological polar surface area (TPSA) is 98.7 Å². The number of nitrogens with zero attached hydrogens (tertiary/aromatic N) is 6. The number of carbonyl (C=O) groups is 1. The average molecular weight is 541 g/mol. The van der Waals surface area contributed by atoms with Gasteiger partial charge in [-0.2, -0.15) is 5.26 Å². The van der Waals surface area contributed by atoms with Crippen LogP contribution >= 0.6 is 0 Å². The van der Waals surface area contributed by atoms with Gasteiger partial charge in [0.1, 0.15) is 29.2 Å². The van der Waals surface area contributed by atoms with Gasteiger partial charge >= 0.3 is 0 Å². The van der Waals surface area contributed by atoms with E-state index in [1.54, 1.807) is 30.6 Å². The molecule has 1 atom stereocenters. The van der Waals surface area contributed by atoms with Gasteiger partial charge in [0.25, 0.3) is 5.91 Å². The number of carbonyl (C=O) groups excluding carboxylic acids is 1. The second-order valence-electron chi connectivity index (χ2n) is 10.2. The summed E-state index contributed by atoms with van der Waals surface area (Å²) in [6, 6.07) is 13.2. The van der Waals surface area contributed by atoms with E-state index in [9.17, 15) is 14.4 Å². The lowest BCUT2D eigenvalue weighted by molar-refractivity contribution is 0.0663. The SMILES string of the molecule is COc1cc(C(=O)N2CCN(C)CC2)cnc1-c1cc2nccc(-c3ccc(N4CCC(F)C4)c(C#N)c3)c2o1. The van der Waals surface area contributed by atoms with Crippen LogP contribution in [-0.4, -0.2) is 85.3 Å². The number of ether oxygens (including phenoxy) is 1. The van der Waals surface area contributed by atoms with Crippen molar-refractivity contribution >= 4 is 22.7 Å². The number of pyridine rings is 2. The minimum absolute atomic E-state index is 0.0771. The van der Waals surface area contributed by atoms with Gasteiger partial charge in [-0.1, -0.05) is 6.07 Å². The number of benzene rings is 1. The van der Waals surface area contributed by atoms with Gasteiger partial charge in [0.05, 0.1) is 23.9 Å². The number of nitriles is 1. The van der Waals surface area contributed by atoms with E-state index in [1.165, 1.54) is 7.11 Å². The Bertz CT molecular complexity index is 1620. The quantitative estimate of drug-likeness (QED) is 0.368. The van der Waals surface area contributed by atoms with E-state index in [1.807, 2.05) is 35.0 Å². The van der Waals surface area contributed by atoms with Crippen LogP contribution in [0.5, 0.6) is 5.75 Å². The third-order valence-electron chi connectivity index (χ3n) is 7.65. The lowest BCUT2D eigenvalue weighted by atomic mass is 10.0. The van der Waals surface area contributed by atoms with Crippen molar-refractivity contribution in [3.8, 4) is 34.4 Å². The van der Waals surface area contributed by atoms with E-state index in [-0.39, 0.29) is 5.91 Å². The van der Waals surface area contributed by atoms with Crippen LogP contribution in [0.2, 0.25) is 0 Å². The molecule has 1 unspecified atom stereocenters. The zero-order valence-electron chi connectivity index (χ0n) is 22.4. The predicted molar refractivity (Wildman–Crippen MR) is 149 cm³/mol. The van der Waals surface area contributed by atoms with Crippen LogP contribution in [0.4, 0.5) is 10.1 Å². The summed E-state index contributed by atoms with van der Waals surface area (Å²) in [5.74, 6) is 0.800. The number of furan rings is 1. The molecule has 0 spiro atoms. The van der Waals surface area contributed by atoms with Gasteiger partial charge < -0.3 is 23.9 Å². The van der Waals surface area contributed by atoms with Gasteiger partial charge in [-0.3, -0.25) is 9.78 Å². The Kier molecular flexibility index (Phi) is 6.82. The summed E-state index contributed by atoms with van der Waals surface area (Å²) in [6.45, 7) is 3.88. The maximum Gasteiger partial charge on any atom is 0.255 e. The van der Waals surface area contributed by atoms with Crippen molar-refractivity contribution in [1.82, 2.24) is 19.8 Å². The van der Waals surface area contributed by atoms with Gasteiger partial charge in [0.2, 0.25) is 0 Å². The highest BCUT2D eigenvalue weighted by molar-refractivity contribution is 5.96. The van der Waals surface area contributed by atoms with Crippen molar-refractivity contribution in [2.24, 2.45) is 0 Å². The number of rotatable bonds is 5. The number of anilines is 1. The number of methoxy groups -OCH3 is 1. The number of hydrogen-bond acceptors (Lipinski definition) is 8. The van der Waals surface area contributed by atoms with Crippen molar-refractivity contribution in [3.63, 3.8) is 0 Å². The Morgan fingerprint density at radius 1 is 1.12 bits per heavy atom. The minimum Gasteiger partial charge on any atom is -0.494 e. The second kappa shape index (κ2) is 10.6. The van der Waals surface area contributed by atoms with Crippen LogP contribution < -0.4 is 9.64 Å². The van der Waals surface area contributed by atoms with Crippen LogP contribution in [0.1, 0.15) is 22.3 Å². The molecule has 9 nitrogen and oxygen atoms in total. The fourth-order valence-electron chi connectivity index (χ4n) is 5.38. The Morgan fingerprint density at radius 2 is 1.95 bits per heavy atom. The maximum atomic E-state index is 13.8. The summed E-state index contributed by atoms with van der Waals surface area (Å²) in [6.07, 6.45) is 2.83. The zero-order valence-corrected chi connectivity index (χ0v) is 22.4. The molecule has 2 fully saturated rings. The second-order valence-corrected chi connectivity index (χ2v) is 10.2. The molecule has 4 aromatic rings. The Balaban J connectivity index is 1.33. The van der Waals surface area contributed by atoms with Gasteiger partial charge in [-0.05, 0) is 43.3 Å². The van der Waals surface area contributed by atoms with Gasteiger partial charge in [-0.15, -0.1) is 0 Å². The van der Waals surface area contributed by atoms with Crippen LogP contribution in [0.15, 0.2) is 53.2 Å². The molecule has 0 radical (unpaired) electrons. The first-order chi connectivity index (χ1) is 19.4. The molecule has 1 amide bonds. The first kappa shape index (κ1) is 25.8. The molecule has 3 aromatic heterocycles. The minimum atomic E-state index is -0.878. The van der Waals surface area contributed by atoms with E-state index in [2.05, 4.69) is 20.9 Å². The summed E-state index contributed by atoms with van der Waals surface area (Å²) in [7, 11) is 3.58. The molecule has 2 aliphatic rings. The van der Waals surface area contributed by atoms with E-state index in [0.717, 1.165) is 29.9 Å². The van der Waals surface area contributed by atoms with E-state index < -0.39 is 6.17 Å². The first-order valence-corrected chi connectivity index (χ1v) is 13.3. The summed E-state index contributed by atoms with van der Waals surface area (Å²) in [5, 5.41) is 9.84. The highest BCUT2D eigenvalue weighted by Gasteiger charge is 2.25. The molecule has 6 rings (SSSR count). The third kappa shape index (κ3) is 4.73. The molecule has 1 aromatic carbocycles. The van der Waals surface area contributed by atoms with E-state index >= 15 is 0 Å². The van der Waals surface area contributed by atoms with Crippen molar-refractivity contribution in [2.75, 3.05) is 58.3 Å². The Morgan fingerprint density at radius 3 is 2.67 bits per heavy atom. The fraction of sp³-hybridized carbons (Fsp3) is 0.333. The molecular formula is C30H29FN6O3. The number of amides is 1. The van der Waals surface area contributed by atoms with E-state index in [0.29, 0.717) is 72.0 Å². The highest BCUT2D eigenvalue weighted by atomic mass is 19.1. The maximum absolute atomic E-state index is 13.8. The van der Waals surface area contributed by atoms with Gasteiger partial charge in [0.15, 0.2) is 11.3 Å². The predicted octanol–water partition coefficient (Wildman–Crippen LogP) is 4.37. The molecule has 10 heteroatoms. The van der Waals surface area contributed by atoms with Gasteiger partial charge in [0, 0.05) is 63.3 Å². The summed E-state index contributed by atoms with van der Waals surface area (Å²) in [5.41, 5.74) is 4.86. The number of alkyl halides is 1. The molecular weight excluding hydrogens is 511 g/mol. The van der Waals surface area contributed by atoms with Crippen LogP contribution in [0.3, 0.4) is 0 Å². The lowest BCUT2D eigenvalue weighted by Gasteiger charge is -2.32. The Hall–Kier alpha value is -4.49. The van der Waals surface area contributed by atoms with Crippen molar-refractivity contribution in [1.29, 1.82) is 5.26 Å². The number of halogens is 1. The van der Waals surface area contributed by atoms with Crippen LogP contribution in [0, 0.1) is 11.3 Å². The Labute approximate surface area is 231 Å². The summed E-state index contributed by atoms with van der Waals surface area (Å²) in [4.78, 5) is 28.0. The average Bonchev–Trinajstić information content (AvgIpc) is 3.62. The number of likely N-dealkylation sites (N-methyl/N-ethyl adjacent to an activating group) is 1. The zero-order chi connectivity index (χ0) is 27.8. The standard InChI is InChI=1S/C30H29FN6O3/c1-35-9-11-36(12-10-35)30(38)21-14-26(39-2)28(34-17-21)27-15-24-29(40-27)23(5-7-33-24)19-3-4-25(20(13-19)16-32)37-8-6-22(31)18-37/h3-5,7,13-15,17,22H,6,8-12,18H2,1-2H3.